The second-order valence-corrected chi connectivity index (χ2v) is 5.60. The number of benzene rings is 1. The zero-order chi connectivity index (χ0) is 15.5. The molecule has 1 N–H and O–H groups in total. The minimum Gasteiger partial charge on any atom is -0.493 e. The first-order valence-corrected chi connectivity index (χ1v) is 7.62. The number of rotatable bonds is 3. The molecule has 0 saturated carbocycles. The average molecular weight is 306 g/mol. The molecule has 1 aromatic rings. The van der Waals surface area contributed by atoms with E-state index in [1.807, 2.05) is 17.0 Å². The van der Waals surface area contributed by atoms with E-state index in [9.17, 15) is 4.79 Å². The van der Waals surface area contributed by atoms with E-state index in [0.717, 1.165) is 37.2 Å². The zero-order valence-electron chi connectivity index (χ0n) is 13.1. The summed E-state index contributed by atoms with van der Waals surface area (Å²) in [4.78, 5) is 14.1. The molecule has 6 heteroatoms. The summed E-state index contributed by atoms with van der Waals surface area (Å²) in [7, 11) is 3.25. The molecule has 2 aliphatic rings. The molecule has 2 amide bonds. The van der Waals surface area contributed by atoms with Crippen LogP contribution in [-0.4, -0.2) is 44.5 Å². The Morgan fingerprint density at radius 1 is 1.27 bits per heavy atom. The molecule has 0 radical (unpaired) electrons. The molecule has 1 fully saturated rings. The van der Waals surface area contributed by atoms with E-state index in [2.05, 4.69) is 5.32 Å². The first-order chi connectivity index (χ1) is 10.7. The Morgan fingerprint density at radius 2 is 2.00 bits per heavy atom. The summed E-state index contributed by atoms with van der Waals surface area (Å²) >= 11 is 0. The first kappa shape index (κ1) is 15.0. The van der Waals surface area contributed by atoms with Gasteiger partial charge in [-0.25, -0.2) is 4.79 Å². The van der Waals surface area contributed by atoms with Gasteiger partial charge in [-0.3, -0.25) is 0 Å². The van der Waals surface area contributed by atoms with Gasteiger partial charge in [-0.2, -0.15) is 0 Å². The number of urea groups is 1. The number of hydrogen-bond donors (Lipinski definition) is 1. The van der Waals surface area contributed by atoms with Crippen molar-refractivity contribution in [1.82, 2.24) is 10.2 Å². The Balaban J connectivity index is 1.71. The molecule has 1 saturated heterocycles. The van der Waals surface area contributed by atoms with Crippen molar-refractivity contribution in [2.75, 3.05) is 27.4 Å². The molecular weight excluding hydrogens is 284 g/mol. The van der Waals surface area contributed by atoms with Crippen molar-refractivity contribution in [3.05, 3.63) is 23.3 Å². The molecule has 1 unspecified atom stereocenters. The molecule has 0 aromatic heterocycles. The number of fused-ring (bicyclic) bond motifs is 1. The van der Waals surface area contributed by atoms with E-state index in [4.69, 9.17) is 14.2 Å². The smallest absolute Gasteiger partial charge is 0.319 e. The van der Waals surface area contributed by atoms with Gasteiger partial charge in [0.2, 0.25) is 0 Å². The molecule has 0 aliphatic carbocycles. The van der Waals surface area contributed by atoms with Gasteiger partial charge in [-0.15, -0.1) is 0 Å². The maximum Gasteiger partial charge on any atom is 0.319 e. The predicted molar refractivity (Wildman–Crippen MR) is 81.2 cm³/mol. The van der Waals surface area contributed by atoms with E-state index in [1.54, 1.807) is 14.2 Å². The fraction of sp³-hybridized carbons (Fsp3) is 0.562. The number of carbonyl (C=O) groups excluding carboxylic acids is 1. The van der Waals surface area contributed by atoms with Gasteiger partial charge < -0.3 is 24.4 Å². The van der Waals surface area contributed by atoms with Crippen LogP contribution in [0.2, 0.25) is 0 Å². The van der Waals surface area contributed by atoms with Gasteiger partial charge in [-0.1, -0.05) is 0 Å². The fourth-order valence-electron chi connectivity index (χ4n) is 2.98. The summed E-state index contributed by atoms with van der Waals surface area (Å²) in [6, 6.07) is 3.90. The molecule has 3 rings (SSSR count). The monoisotopic (exact) mass is 306 g/mol. The minimum absolute atomic E-state index is 0.0627. The van der Waals surface area contributed by atoms with E-state index in [-0.39, 0.29) is 12.3 Å². The second kappa shape index (κ2) is 6.44. The zero-order valence-corrected chi connectivity index (χ0v) is 13.1. The van der Waals surface area contributed by atoms with Gasteiger partial charge in [-0.05, 0) is 42.5 Å². The second-order valence-electron chi connectivity index (χ2n) is 5.60. The number of nitrogens with one attached hydrogen (secondary N) is 1. The van der Waals surface area contributed by atoms with Crippen molar-refractivity contribution in [2.45, 2.75) is 32.0 Å². The maximum atomic E-state index is 12.3. The summed E-state index contributed by atoms with van der Waals surface area (Å²) in [5, 5.41) is 2.94. The topological polar surface area (TPSA) is 60.0 Å². The third kappa shape index (κ3) is 2.97. The van der Waals surface area contributed by atoms with Crippen molar-refractivity contribution < 1.29 is 19.0 Å². The van der Waals surface area contributed by atoms with Gasteiger partial charge in [0, 0.05) is 19.7 Å². The summed E-state index contributed by atoms with van der Waals surface area (Å²) in [6.45, 7) is 2.00. The number of ether oxygens (including phenoxy) is 3. The van der Waals surface area contributed by atoms with Gasteiger partial charge in [0.1, 0.15) is 6.23 Å². The lowest BCUT2D eigenvalue weighted by molar-refractivity contribution is 0.0826. The van der Waals surface area contributed by atoms with Crippen molar-refractivity contribution in [3.63, 3.8) is 0 Å². The molecule has 120 valence electrons. The minimum atomic E-state index is -0.140. The van der Waals surface area contributed by atoms with Gasteiger partial charge >= 0.3 is 6.03 Å². The lowest BCUT2D eigenvalue weighted by atomic mass is 9.99. The van der Waals surface area contributed by atoms with E-state index in [0.29, 0.717) is 18.8 Å². The standard InChI is InChI=1S/C16H22N2O4/c1-20-13-8-11-5-6-18(10-12(11)9-14(13)21-2)16(19)17-15-4-3-7-22-15/h8-9,15H,3-7,10H2,1-2H3,(H,17,19). The first-order valence-electron chi connectivity index (χ1n) is 7.62. The normalized spacial score (nSPS) is 20.5. The summed E-state index contributed by atoms with van der Waals surface area (Å²) in [5.74, 6) is 1.43. The molecule has 1 atom stereocenters. The van der Waals surface area contributed by atoms with Crippen LogP contribution < -0.4 is 14.8 Å². The highest BCUT2D eigenvalue weighted by atomic mass is 16.5. The van der Waals surface area contributed by atoms with Crippen LogP contribution in [0.4, 0.5) is 4.79 Å². The van der Waals surface area contributed by atoms with Gasteiger partial charge in [0.05, 0.1) is 14.2 Å². The van der Waals surface area contributed by atoms with Crippen molar-refractivity contribution in [1.29, 1.82) is 0 Å². The Labute approximate surface area is 130 Å². The van der Waals surface area contributed by atoms with Crippen LogP contribution >= 0.6 is 0 Å². The fourth-order valence-corrected chi connectivity index (χ4v) is 2.98. The predicted octanol–water partition coefficient (Wildman–Crippen LogP) is 1.91. The Bertz CT molecular complexity index is 555. The lowest BCUT2D eigenvalue weighted by Crippen LogP contribution is -2.46. The van der Waals surface area contributed by atoms with E-state index >= 15 is 0 Å². The Hall–Kier alpha value is -1.95. The van der Waals surface area contributed by atoms with Crippen molar-refractivity contribution in [3.8, 4) is 11.5 Å². The Morgan fingerprint density at radius 3 is 2.64 bits per heavy atom. The summed E-state index contributed by atoms with van der Waals surface area (Å²) < 4.78 is 16.1. The molecule has 1 aromatic carbocycles. The molecule has 0 spiro atoms. The third-order valence-electron chi connectivity index (χ3n) is 4.22. The van der Waals surface area contributed by atoms with Crippen LogP contribution in [0.25, 0.3) is 0 Å². The van der Waals surface area contributed by atoms with E-state index in [1.165, 1.54) is 5.56 Å². The van der Waals surface area contributed by atoms with Crippen LogP contribution in [0.3, 0.4) is 0 Å². The number of carbonyl (C=O) groups is 1. The van der Waals surface area contributed by atoms with Gasteiger partial charge in [0.15, 0.2) is 11.5 Å². The SMILES string of the molecule is COc1cc2c(cc1OC)CN(C(=O)NC1CCCO1)CC2. The van der Waals surface area contributed by atoms with Crippen LogP contribution in [0.5, 0.6) is 11.5 Å². The highest BCUT2D eigenvalue weighted by molar-refractivity contribution is 5.75. The van der Waals surface area contributed by atoms with Crippen molar-refractivity contribution in [2.24, 2.45) is 0 Å². The molecule has 2 heterocycles. The number of hydrogen-bond acceptors (Lipinski definition) is 4. The van der Waals surface area contributed by atoms with Crippen LogP contribution in [0, 0.1) is 0 Å². The van der Waals surface area contributed by atoms with E-state index < -0.39 is 0 Å². The third-order valence-corrected chi connectivity index (χ3v) is 4.22. The number of methoxy groups -OCH3 is 2. The quantitative estimate of drug-likeness (QED) is 0.926. The molecule has 6 nitrogen and oxygen atoms in total. The van der Waals surface area contributed by atoms with Crippen molar-refractivity contribution >= 4 is 6.03 Å². The van der Waals surface area contributed by atoms with Crippen LogP contribution in [0.1, 0.15) is 24.0 Å². The highest BCUT2D eigenvalue weighted by Gasteiger charge is 2.25. The molecule has 0 bridgehead atoms. The average Bonchev–Trinajstić information content (AvgIpc) is 3.05. The maximum absolute atomic E-state index is 12.3. The molecule has 2 aliphatic heterocycles. The van der Waals surface area contributed by atoms with Gasteiger partial charge in [0.25, 0.3) is 0 Å². The highest BCUT2D eigenvalue weighted by Crippen LogP contribution is 2.33. The molecule has 22 heavy (non-hydrogen) atoms. The van der Waals surface area contributed by atoms with Crippen LogP contribution in [-0.2, 0) is 17.7 Å². The Kier molecular flexibility index (Phi) is 4.38. The largest absolute Gasteiger partial charge is 0.493 e. The molecular formula is C16H22N2O4. The van der Waals surface area contributed by atoms with Crippen LogP contribution in [0.15, 0.2) is 12.1 Å². The number of nitrogens with zero attached hydrogens (tertiary/aromatic N) is 1. The number of amides is 2. The summed E-state index contributed by atoms with van der Waals surface area (Å²) in [6.07, 6.45) is 2.57. The summed E-state index contributed by atoms with van der Waals surface area (Å²) in [5.41, 5.74) is 2.31. The lowest BCUT2D eigenvalue weighted by Gasteiger charge is -2.30.